The van der Waals surface area contributed by atoms with Gasteiger partial charge >= 0.3 is 6.03 Å². The van der Waals surface area contributed by atoms with Crippen molar-refractivity contribution < 1.29 is 4.79 Å². The molecule has 1 aliphatic rings. The molecule has 0 atom stereocenters. The standard InChI is InChI=1S/C11H23N3O/c1-2-8-13-10(15)14-9-11(12)6-4-3-5-7-11/h2-9,12H2,1H3,(H2,13,14,15). The molecule has 0 unspecified atom stereocenters. The third-order valence-corrected chi connectivity index (χ3v) is 2.99. The van der Waals surface area contributed by atoms with E-state index in [2.05, 4.69) is 10.6 Å². The van der Waals surface area contributed by atoms with Crippen LogP contribution in [-0.4, -0.2) is 24.7 Å². The number of rotatable bonds is 4. The molecule has 1 rings (SSSR count). The molecule has 2 amide bonds. The number of hydrogen-bond donors (Lipinski definition) is 3. The molecule has 4 heteroatoms. The Labute approximate surface area is 92.0 Å². The normalized spacial score (nSPS) is 19.6. The molecule has 88 valence electrons. The second-order valence-electron chi connectivity index (χ2n) is 4.53. The average Bonchev–Trinajstić information content (AvgIpc) is 2.25. The summed E-state index contributed by atoms with van der Waals surface area (Å²) in [7, 11) is 0. The summed E-state index contributed by atoms with van der Waals surface area (Å²) in [5, 5.41) is 5.64. The highest BCUT2D eigenvalue weighted by molar-refractivity contribution is 5.73. The topological polar surface area (TPSA) is 67.2 Å². The first-order valence-corrected chi connectivity index (χ1v) is 5.97. The maximum Gasteiger partial charge on any atom is 0.314 e. The molecule has 4 N–H and O–H groups in total. The van der Waals surface area contributed by atoms with E-state index in [-0.39, 0.29) is 11.6 Å². The first-order chi connectivity index (χ1) is 7.16. The summed E-state index contributed by atoms with van der Waals surface area (Å²) in [4.78, 5) is 11.3. The molecule has 0 aromatic heterocycles. The second-order valence-corrected chi connectivity index (χ2v) is 4.53. The third kappa shape index (κ3) is 4.51. The van der Waals surface area contributed by atoms with Crippen LogP contribution >= 0.6 is 0 Å². The van der Waals surface area contributed by atoms with Crippen molar-refractivity contribution in [1.29, 1.82) is 0 Å². The van der Waals surface area contributed by atoms with E-state index in [1.165, 1.54) is 19.3 Å². The lowest BCUT2D eigenvalue weighted by molar-refractivity contribution is 0.230. The summed E-state index contributed by atoms with van der Waals surface area (Å²) in [5.74, 6) is 0. The van der Waals surface area contributed by atoms with Gasteiger partial charge in [-0.15, -0.1) is 0 Å². The van der Waals surface area contributed by atoms with Gasteiger partial charge < -0.3 is 16.4 Å². The van der Waals surface area contributed by atoms with Crippen LogP contribution in [0.4, 0.5) is 4.79 Å². The molecule has 1 fully saturated rings. The van der Waals surface area contributed by atoms with E-state index in [0.29, 0.717) is 6.54 Å². The van der Waals surface area contributed by atoms with Gasteiger partial charge in [0.2, 0.25) is 0 Å². The van der Waals surface area contributed by atoms with Gasteiger partial charge in [0.1, 0.15) is 0 Å². The van der Waals surface area contributed by atoms with Gasteiger partial charge in [-0.05, 0) is 19.3 Å². The van der Waals surface area contributed by atoms with Crippen molar-refractivity contribution in [3.05, 3.63) is 0 Å². The smallest absolute Gasteiger partial charge is 0.314 e. The lowest BCUT2D eigenvalue weighted by Gasteiger charge is -2.33. The quantitative estimate of drug-likeness (QED) is 0.660. The van der Waals surface area contributed by atoms with Crippen molar-refractivity contribution >= 4 is 6.03 Å². The van der Waals surface area contributed by atoms with E-state index in [0.717, 1.165) is 25.8 Å². The average molecular weight is 213 g/mol. The Morgan fingerprint density at radius 1 is 1.27 bits per heavy atom. The number of carbonyl (C=O) groups excluding carboxylic acids is 1. The fourth-order valence-corrected chi connectivity index (χ4v) is 1.99. The number of hydrogen-bond acceptors (Lipinski definition) is 2. The highest BCUT2D eigenvalue weighted by Gasteiger charge is 2.27. The molecular weight excluding hydrogens is 190 g/mol. The van der Waals surface area contributed by atoms with Gasteiger partial charge in [0.05, 0.1) is 0 Å². The molecule has 1 aliphatic carbocycles. The zero-order chi connectivity index (χ0) is 11.1. The largest absolute Gasteiger partial charge is 0.338 e. The van der Waals surface area contributed by atoms with Crippen molar-refractivity contribution in [3.63, 3.8) is 0 Å². The van der Waals surface area contributed by atoms with E-state index in [1.54, 1.807) is 0 Å². The molecule has 0 radical (unpaired) electrons. The fourth-order valence-electron chi connectivity index (χ4n) is 1.99. The molecule has 0 spiro atoms. The van der Waals surface area contributed by atoms with Crippen LogP contribution in [0.2, 0.25) is 0 Å². The molecule has 1 saturated carbocycles. The Morgan fingerprint density at radius 3 is 2.53 bits per heavy atom. The van der Waals surface area contributed by atoms with Crippen molar-refractivity contribution in [1.82, 2.24) is 10.6 Å². The van der Waals surface area contributed by atoms with Gasteiger partial charge in [0.15, 0.2) is 0 Å². The Hall–Kier alpha value is -0.770. The van der Waals surface area contributed by atoms with Crippen molar-refractivity contribution in [2.24, 2.45) is 5.73 Å². The maximum absolute atomic E-state index is 11.3. The molecular formula is C11H23N3O. The first-order valence-electron chi connectivity index (χ1n) is 5.97. The fraction of sp³-hybridized carbons (Fsp3) is 0.909. The number of urea groups is 1. The maximum atomic E-state index is 11.3. The van der Waals surface area contributed by atoms with Gasteiger partial charge in [-0.2, -0.15) is 0 Å². The van der Waals surface area contributed by atoms with Crippen LogP contribution in [0.15, 0.2) is 0 Å². The molecule has 4 nitrogen and oxygen atoms in total. The molecule has 15 heavy (non-hydrogen) atoms. The van der Waals surface area contributed by atoms with E-state index in [9.17, 15) is 4.79 Å². The lowest BCUT2D eigenvalue weighted by atomic mass is 9.82. The van der Waals surface area contributed by atoms with Crippen molar-refractivity contribution in [3.8, 4) is 0 Å². The predicted molar refractivity (Wildman–Crippen MR) is 61.7 cm³/mol. The lowest BCUT2D eigenvalue weighted by Crippen LogP contribution is -2.53. The summed E-state index contributed by atoms with van der Waals surface area (Å²) in [6.07, 6.45) is 6.67. The second kappa shape index (κ2) is 5.95. The van der Waals surface area contributed by atoms with Crippen LogP contribution in [0.1, 0.15) is 45.4 Å². The Bertz CT molecular complexity index is 200. The number of nitrogens with two attached hydrogens (primary N) is 1. The Kier molecular flexibility index (Phi) is 4.88. The first kappa shape index (κ1) is 12.3. The van der Waals surface area contributed by atoms with Crippen LogP contribution < -0.4 is 16.4 Å². The molecule has 0 heterocycles. The third-order valence-electron chi connectivity index (χ3n) is 2.99. The van der Waals surface area contributed by atoms with Gasteiger partial charge in [-0.25, -0.2) is 4.79 Å². The molecule has 0 aliphatic heterocycles. The summed E-state index contributed by atoms with van der Waals surface area (Å²) in [5.41, 5.74) is 6.03. The van der Waals surface area contributed by atoms with Gasteiger partial charge in [-0.1, -0.05) is 26.2 Å². The summed E-state index contributed by atoms with van der Waals surface area (Å²) >= 11 is 0. The number of carbonyl (C=O) groups is 1. The van der Waals surface area contributed by atoms with Crippen LogP contribution in [-0.2, 0) is 0 Å². The van der Waals surface area contributed by atoms with Crippen molar-refractivity contribution in [2.75, 3.05) is 13.1 Å². The predicted octanol–water partition coefficient (Wildman–Crippen LogP) is 1.36. The summed E-state index contributed by atoms with van der Waals surface area (Å²) in [6, 6.07) is -0.0905. The number of nitrogens with one attached hydrogen (secondary N) is 2. The van der Waals surface area contributed by atoms with E-state index in [4.69, 9.17) is 5.73 Å². The summed E-state index contributed by atoms with van der Waals surface area (Å²) in [6.45, 7) is 3.36. The van der Waals surface area contributed by atoms with Gasteiger partial charge in [-0.3, -0.25) is 0 Å². The van der Waals surface area contributed by atoms with E-state index < -0.39 is 0 Å². The van der Waals surface area contributed by atoms with Gasteiger partial charge in [0, 0.05) is 18.6 Å². The molecule has 0 aromatic carbocycles. The zero-order valence-electron chi connectivity index (χ0n) is 9.64. The van der Waals surface area contributed by atoms with E-state index >= 15 is 0 Å². The SMILES string of the molecule is CCCNC(=O)NCC1(N)CCCCC1. The Morgan fingerprint density at radius 2 is 1.93 bits per heavy atom. The monoisotopic (exact) mass is 213 g/mol. The van der Waals surface area contributed by atoms with Crippen LogP contribution in [0.5, 0.6) is 0 Å². The summed E-state index contributed by atoms with van der Waals surface area (Å²) < 4.78 is 0. The molecule has 0 bridgehead atoms. The van der Waals surface area contributed by atoms with E-state index in [1.807, 2.05) is 6.92 Å². The minimum atomic E-state index is -0.165. The minimum Gasteiger partial charge on any atom is -0.338 e. The number of amides is 2. The highest BCUT2D eigenvalue weighted by Crippen LogP contribution is 2.24. The zero-order valence-corrected chi connectivity index (χ0v) is 9.64. The molecule has 0 saturated heterocycles. The minimum absolute atomic E-state index is 0.0905. The van der Waals surface area contributed by atoms with Crippen molar-refractivity contribution in [2.45, 2.75) is 51.0 Å². The van der Waals surface area contributed by atoms with Crippen LogP contribution in [0.25, 0.3) is 0 Å². The Balaban J connectivity index is 2.19. The highest BCUT2D eigenvalue weighted by atomic mass is 16.2. The van der Waals surface area contributed by atoms with Gasteiger partial charge in [0.25, 0.3) is 0 Å². The van der Waals surface area contributed by atoms with Crippen LogP contribution in [0, 0.1) is 0 Å². The van der Waals surface area contributed by atoms with Crippen LogP contribution in [0.3, 0.4) is 0 Å². The molecule has 0 aromatic rings.